The smallest absolute Gasteiger partial charge is 0.408 e. The first kappa shape index (κ1) is 17.4. The molecule has 0 aromatic carbocycles. The van der Waals surface area contributed by atoms with Crippen molar-refractivity contribution in [2.75, 3.05) is 0 Å². The van der Waals surface area contributed by atoms with Crippen LogP contribution >= 0.6 is 0 Å². The molecule has 22 heavy (non-hydrogen) atoms. The number of hydrogen-bond acceptors (Lipinski definition) is 5. The molecule has 1 aromatic heterocycles. The van der Waals surface area contributed by atoms with Gasteiger partial charge in [-0.3, -0.25) is 0 Å². The van der Waals surface area contributed by atoms with E-state index >= 15 is 0 Å². The molecule has 0 aliphatic heterocycles. The highest BCUT2D eigenvalue weighted by Crippen LogP contribution is 2.10. The highest BCUT2D eigenvalue weighted by molar-refractivity contribution is 5.80. The number of alkyl carbamates (subject to hydrolysis) is 1. The molecular formula is C14H16FN3O4. The highest BCUT2D eigenvalue weighted by Gasteiger charge is 2.24. The quantitative estimate of drug-likeness (QED) is 0.873. The standard InChI is InChI=1S/C14H16FN3O4/c1-14(2,3)22-13(21)18-10(12(19)20)5-8-4-9(15)11(6-16)17-7-8/h4,7,10H,5H2,1-3H3,(H,18,21)(H,19,20)/t10-/m0/s1. The molecule has 1 atom stereocenters. The van der Waals surface area contributed by atoms with Crippen LogP contribution in [-0.2, 0) is 16.0 Å². The van der Waals surface area contributed by atoms with E-state index in [9.17, 15) is 14.0 Å². The number of nitriles is 1. The van der Waals surface area contributed by atoms with E-state index in [0.29, 0.717) is 0 Å². The second kappa shape index (κ2) is 6.85. The lowest BCUT2D eigenvalue weighted by Gasteiger charge is -2.22. The minimum absolute atomic E-state index is 0.190. The Morgan fingerprint density at radius 1 is 1.55 bits per heavy atom. The second-order valence-corrected chi connectivity index (χ2v) is 5.53. The number of aliphatic carboxylic acids is 1. The van der Waals surface area contributed by atoms with Crippen LogP contribution in [0.15, 0.2) is 12.3 Å². The van der Waals surface area contributed by atoms with Crippen LogP contribution in [0.2, 0.25) is 0 Å². The van der Waals surface area contributed by atoms with Crippen molar-refractivity contribution in [2.45, 2.75) is 38.8 Å². The number of carboxylic acids is 1. The average Bonchev–Trinajstić information content (AvgIpc) is 2.35. The summed E-state index contributed by atoms with van der Waals surface area (Å²) in [5.41, 5.74) is -0.911. The summed E-state index contributed by atoms with van der Waals surface area (Å²) in [6.45, 7) is 4.92. The van der Waals surface area contributed by atoms with Crippen LogP contribution < -0.4 is 5.32 Å². The summed E-state index contributed by atoms with van der Waals surface area (Å²) in [6.07, 6.45) is 0.112. The number of ether oxygens (including phenoxy) is 1. The molecule has 0 unspecified atom stereocenters. The molecule has 118 valence electrons. The van der Waals surface area contributed by atoms with Crippen LogP contribution in [-0.4, -0.2) is 33.8 Å². The average molecular weight is 309 g/mol. The lowest BCUT2D eigenvalue weighted by molar-refractivity contribution is -0.139. The van der Waals surface area contributed by atoms with E-state index in [4.69, 9.17) is 15.1 Å². The van der Waals surface area contributed by atoms with Gasteiger partial charge in [0.05, 0.1) is 0 Å². The van der Waals surface area contributed by atoms with Gasteiger partial charge in [-0.25, -0.2) is 19.0 Å². The SMILES string of the molecule is CC(C)(C)OC(=O)N[C@@H](Cc1cnc(C#N)c(F)c1)C(=O)O. The van der Waals surface area contributed by atoms with Crippen molar-refractivity contribution < 1.29 is 23.8 Å². The van der Waals surface area contributed by atoms with Gasteiger partial charge in [0, 0.05) is 12.6 Å². The first-order valence-corrected chi connectivity index (χ1v) is 6.39. The van der Waals surface area contributed by atoms with E-state index in [1.807, 2.05) is 0 Å². The number of nitrogens with zero attached hydrogens (tertiary/aromatic N) is 2. The van der Waals surface area contributed by atoms with Crippen molar-refractivity contribution in [1.29, 1.82) is 5.26 Å². The Kier molecular flexibility index (Phi) is 5.40. The van der Waals surface area contributed by atoms with Crippen molar-refractivity contribution in [1.82, 2.24) is 10.3 Å². The lowest BCUT2D eigenvalue weighted by atomic mass is 10.1. The zero-order chi connectivity index (χ0) is 16.9. The van der Waals surface area contributed by atoms with Gasteiger partial charge in [-0.1, -0.05) is 0 Å². The molecule has 2 N–H and O–H groups in total. The molecular weight excluding hydrogens is 293 g/mol. The number of carboxylic acid groups (broad SMARTS) is 1. The summed E-state index contributed by atoms with van der Waals surface area (Å²) < 4.78 is 18.4. The Balaban J connectivity index is 2.81. The highest BCUT2D eigenvalue weighted by atomic mass is 19.1. The Morgan fingerprint density at radius 2 is 2.18 bits per heavy atom. The van der Waals surface area contributed by atoms with Crippen molar-refractivity contribution in [2.24, 2.45) is 0 Å². The van der Waals surface area contributed by atoms with E-state index in [0.717, 1.165) is 6.07 Å². The number of nitrogens with one attached hydrogen (secondary N) is 1. The number of carbonyl (C=O) groups is 2. The fourth-order valence-electron chi connectivity index (χ4n) is 1.56. The maximum atomic E-state index is 13.4. The van der Waals surface area contributed by atoms with E-state index in [2.05, 4.69) is 10.3 Å². The third-order valence-electron chi connectivity index (χ3n) is 2.43. The van der Waals surface area contributed by atoms with Gasteiger partial charge in [-0.15, -0.1) is 0 Å². The monoisotopic (exact) mass is 309 g/mol. The summed E-state index contributed by atoms with van der Waals surface area (Å²) in [6, 6.07) is 1.27. The lowest BCUT2D eigenvalue weighted by Crippen LogP contribution is -2.44. The second-order valence-electron chi connectivity index (χ2n) is 5.53. The minimum Gasteiger partial charge on any atom is -0.480 e. The molecule has 1 rings (SSSR count). The zero-order valence-electron chi connectivity index (χ0n) is 12.4. The number of carbonyl (C=O) groups excluding carboxylic acids is 1. The molecule has 0 bridgehead atoms. The fraction of sp³-hybridized carbons (Fsp3) is 0.429. The molecule has 0 fully saturated rings. The number of pyridine rings is 1. The molecule has 1 aromatic rings. The molecule has 0 saturated carbocycles. The molecule has 7 nitrogen and oxygen atoms in total. The summed E-state index contributed by atoms with van der Waals surface area (Å²) in [7, 11) is 0. The minimum atomic E-state index is -1.30. The van der Waals surface area contributed by atoms with Crippen LogP contribution in [0.4, 0.5) is 9.18 Å². The van der Waals surface area contributed by atoms with Crippen LogP contribution in [0, 0.1) is 17.1 Å². The molecule has 0 aliphatic carbocycles. The molecule has 0 aliphatic rings. The zero-order valence-corrected chi connectivity index (χ0v) is 12.4. The van der Waals surface area contributed by atoms with E-state index in [-0.39, 0.29) is 17.7 Å². The molecule has 1 amide bonds. The van der Waals surface area contributed by atoms with Crippen LogP contribution in [0.3, 0.4) is 0 Å². The molecule has 0 saturated heterocycles. The van der Waals surface area contributed by atoms with Gasteiger partial charge in [0.15, 0.2) is 11.5 Å². The van der Waals surface area contributed by atoms with Crippen LogP contribution in [0.1, 0.15) is 32.0 Å². The van der Waals surface area contributed by atoms with Gasteiger partial charge in [0.1, 0.15) is 17.7 Å². The van der Waals surface area contributed by atoms with E-state index in [1.165, 1.54) is 6.20 Å². The molecule has 0 radical (unpaired) electrons. The maximum absolute atomic E-state index is 13.4. The Labute approximate surface area is 126 Å². The topological polar surface area (TPSA) is 112 Å². The summed E-state index contributed by atoms with van der Waals surface area (Å²) in [5.74, 6) is -2.14. The first-order valence-electron chi connectivity index (χ1n) is 6.39. The van der Waals surface area contributed by atoms with Gasteiger partial charge in [0.25, 0.3) is 0 Å². The maximum Gasteiger partial charge on any atom is 0.408 e. The normalized spacial score (nSPS) is 12.1. The number of aromatic nitrogens is 1. The fourth-order valence-corrected chi connectivity index (χ4v) is 1.56. The third kappa shape index (κ3) is 5.36. The van der Waals surface area contributed by atoms with Gasteiger partial charge < -0.3 is 15.2 Å². The molecule has 1 heterocycles. The number of amides is 1. The summed E-state index contributed by atoms with van der Waals surface area (Å²) in [4.78, 5) is 26.4. The van der Waals surface area contributed by atoms with Crippen LogP contribution in [0.5, 0.6) is 0 Å². The predicted molar refractivity (Wildman–Crippen MR) is 73.4 cm³/mol. The summed E-state index contributed by atoms with van der Waals surface area (Å²) >= 11 is 0. The van der Waals surface area contributed by atoms with Crippen molar-refractivity contribution in [3.8, 4) is 6.07 Å². The van der Waals surface area contributed by atoms with E-state index in [1.54, 1.807) is 26.8 Å². The van der Waals surface area contributed by atoms with Gasteiger partial charge >= 0.3 is 12.1 Å². The predicted octanol–water partition coefficient (Wildman–Crippen LogP) is 1.61. The van der Waals surface area contributed by atoms with Gasteiger partial charge in [-0.05, 0) is 32.4 Å². The van der Waals surface area contributed by atoms with Gasteiger partial charge in [0.2, 0.25) is 0 Å². The third-order valence-corrected chi connectivity index (χ3v) is 2.43. The molecule has 0 spiro atoms. The van der Waals surface area contributed by atoms with Gasteiger partial charge in [-0.2, -0.15) is 5.26 Å². The first-order chi connectivity index (χ1) is 10.1. The van der Waals surface area contributed by atoms with Crippen molar-refractivity contribution in [3.63, 3.8) is 0 Å². The summed E-state index contributed by atoms with van der Waals surface area (Å²) in [5, 5.41) is 19.9. The number of hydrogen-bond donors (Lipinski definition) is 2. The van der Waals surface area contributed by atoms with Crippen molar-refractivity contribution in [3.05, 3.63) is 29.3 Å². The Hall–Kier alpha value is -2.69. The number of rotatable bonds is 4. The van der Waals surface area contributed by atoms with Crippen molar-refractivity contribution >= 4 is 12.1 Å². The van der Waals surface area contributed by atoms with Crippen LogP contribution in [0.25, 0.3) is 0 Å². The van der Waals surface area contributed by atoms with E-state index < -0.39 is 29.5 Å². The largest absolute Gasteiger partial charge is 0.480 e. The Morgan fingerprint density at radius 3 is 2.64 bits per heavy atom. The Bertz CT molecular complexity index is 619. The molecule has 8 heteroatoms. The number of halogens is 1.